The van der Waals surface area contributed by atoms with Gasteiger partial charge in [0.25, 0.3) is 0 Å². The van der Waals surface area contributed by atoms with Crippen LogP contribution in [0.4, 0.5) is 13.2 Å². The van der Waals surface area contributed by atoms with Gasteiger partial charge in [-0.1, -0.05) is 12.1 Å². The summed E-state index contributed by atoms with van der Waals surface area (Å²) in [4.78, 5) is 4.37. The molecule has 25 heavy (non-hydrogen) atoms. The Balaban J connectivity index is 1.90. The second-order valence-electron chi connectivity index (χ2n) is 5.95. The molecule has 1 aliphatic heterocycles. The van der Waals surface area contributed by atoms with Crippen LogP contribution in [0.1, 0.15) is 24.5 Å². The fraction of sp³-hybridized carbons (Fsp3) is 0.562. The van der Waals surface area contributed by atoms with Gasteiger partial charge in [-0.25, -0.2) is 8.42 Å². The first-order valence-corrected chi connectivity index (χ1v) is 9.93. The zero-order valence-corrected chi connectivity index (χ0v) is 14.8. The van der Waals surface area contributed by atoms with Crippen molar-refractivity contribution in [2.45, 2.75) is 32.0 Å². The molecular formula is C16H22F3N3O2S. The lowest BCUT2D eigenvalue weighted by Gasteiger charge is -2.15. The Morgan fingerprint density at radius 2 is 1.96 bits per heavy atom. The van der Waals surface area contributed by atoms with Gasteiger partial charge in [-0.05, 0) is 37.5 Å². The summed E-state index contributed by atoms with van der Waals surface area (Å²) in [6.07, 6.45) is -3.29. The molecule has 2 N–H and O–H groups in total. The summed E-state index contributed by atoms with van der Waals surface area (Å²) in [6, 6.07) is 4.86. The van der Waals surface area contributed by atoms with Crippen molar-refractivity contribution >= 4 is 15.8 Å². The van der Waals surface area contributed by atoms with Crippen LogP contribution < -0.4 is 10.6 Å². The third-order valence-corrected chi connectivity index (χ3v) is 5.64. The summed E-state index contributed by atoms with van der Waals surface area (Å²) in [6.45, 7) is 2.92. The van der Waals surface area contributed by atoms with Gasteiger partial charge < -0.3 is 10.6 Å². The molecule has 0 aromatic heterocycles. The van der Waals surface area contributed by atoms with Crippen LogP contribution >= 0.6 is 0 Å². The van der Waals surface area contributed by atoms with Crippen molar-refractivity contribution in [2.24, 2.45) is 4.99 Å². The molecule has 1 aliphatic rings. The van der Waals surface area contributed by atoms with Crippen molar-refractivity contribution in [3.63, 3.8) is 0 Å². The van der Waals surface area contributed by atoms with E-state index in [2.05, 4.69) is 15.6 Å². The number of nitrogens with zero attached hydrogens (tertiary/aromatic N) is 1. The first kappa shape index (κ1) is 19.6. The van der Waals surface area contributed by atoms with Crippen LogP contribution in [0.25, 0.3) is 0 Å². The smallest absolute Gasteiger partial charge is 0.357 e. The van der Waals surface area contributed by atoms with Gasteiger partial charge >= 0.3 is 6.18 Å². The van der Waals surface area contributed by atoms with Gasteiger partial charge in [0.15, 0.2) is 15.8 Å². The Morgan fingerprint density at radius 3 is 2.48 bits per heavy atom. The van der Waals surface area contributed by atoms with E-state index in [0.29, 0.717) is 31.9 Å². The molecule has 1 fully saturated rings. The van der Waals surface area contributed by atoms with Crippen molar-refractivity contribution in [3.05, 3.63) is 35.4 Å². The lowest BCUT2D eigenvalue weighted by molar-refractivity contribution is -0.137. The van der Waals surface area contributed by atoms with E-state index in [1.807, 2.05) is 6.92 Å². The highest BCUT2D eigenvalue weighted by molar-refractivity contribution is 7.91. The number of aliphatic imine (C=N–C) groups is 1. The van der Waals surface area contributed by atoms with Crippen LogP contribution in [0.2, 0.25) is 0 Å². The number of hydrogen-bond acceptors (Lipinski definition) is 3. The molecule has 0 bridgehead atoms. The van der Waals surface area contributed by atoms with Crippen LogP contribution in [0.5, 0.6) is 0 Å². The van der Waals surface area contributed by atoms with Gasteiger partial charge in [0, 0.05) is 19.1 Å². The van der Waals surface area contributed by atoms with Crippen LogP contribution in [-0.4, -0.2) is 45.0 Å². The number of sulfone groups is 1. The van der Waals surface area contributed by atoms with Crippen molar-refractivity contribution in [2.75, 3.05) is 24.6 Å². The van der Waals surface area contributed by atoms with Gasteiger partial charge in [-0.3, -0.25) is 4.99 Å². The second-order valence-corrected chi connectivity index (χ2v) is 8.18. The van der Waals surface area contributed by atoms with Crippen LogP contribution in [-0.2, 0) is 22.4 Å². The predicted octanol–water partition coefficient (Wildman–Crippen LogP) is 1.99. The standard InChI is InChI=1S/C16H22F3N3O2S/c1-2-20-15(22-14-8-10-25(23,24)11-14)21-9-7-12-3-5-13(6-4-12)16(17,18)19/h3-6,14H,2,7-11H2,1H3,(H2,20,21,22). The molecule has 1 unspecified atom stereocenters. The molecule has 140 valence electrons. The summed E-state index contributed by atoms with van der Waals surface area (Å²) in [5, 5.41) is 6.15. The maximum absolute atomic E-state index is 12.5. The molecule has 5 nitrogen and oxygen atoms in total. The highest BCUT2D eigenvalue weighted by Crippen LogP contribution is 2.29. The monoisotopic (exact) mass is 377 g/mol. The lowest BCUT2D eigenvalue weighted by atomic mass is 10.1. The maximum Gasteiger partial charge on any atom is 0.416 e. The number of rotatable bonds is 5. The Hall–Kier alpha value is -1.77. The van der Waals surface area contributed by atoms with Crippen molar-refractivity contribution < 1.29 is 21.6 Å². The van der Waals surface area contributed by atoms with Gasteiger partial charge in [-0.2, -0.15) is 13.2 Å². The number of nitrogens with one attached hydrogen (secondary N) is 2. The molecule has 1 aromatic rings. The normalized spacial score (nSPS) is 20.5. The molecule has 0 amide bonds. The predicted molar refractivity (Wildman–Crippen MR) is 91.3 cm³/mol. The molecule has 0 aliphatic carbocycles. The number of hydrogen-bond donors (Lipinski definition) is 2. The third-order valence-electron chi connectivity index (χ3n) is 3.87. The summed E-state index contributed by atoms with van der Waals surface area (Å²) in [7, 11) is -2.97. The summed E-state index contributed by atoms with van der Waals surface area (Å²) in [5.74, 6) is 0.794. The van der Waals surface area contributed by atoms with Gasteiger partial charge in [0.05, 0.1) is 17.1 Å². The van der Waals surface area contributed by atoms with Crippen LogP contribution in [0, 0.1) is 0 Å². The van der Waals surface area contributed by atoms with Gasteiger partial charge in [-0.15, -0.1) is 0 Å². The summed E-state index contributed by atoms with van der Waals surface area (Å²) >= 11 is 0. The molecule has 1 atom stereocenters. The average Bonchev–Trinajstić information content (AvgIpc) is 2.86. The first-order chi connectivity index (χ1) is 11.7. The minimum Gasteiger partial charge on any atom is -0.357 e. The van der Waals surface area contributed by atoms with E-state index in [4.69, 9.17) is 0 Å². The molecule has 1 saturated heterocycles. The minimum absolute atomic E-state index is 0.0936. The van der Waals surface area contributed by atoms with E-state index >= 15 is 0 Å². The SMILES string of the molecule is CCNC(=NCCc1ccc(C(F)(F)F)cc1)NC1CCS(=O)(=O)C1. The molecule has 2 rings (SSSR count). The molecule has 0 spiro atoms. The summed E-state index contributed by atoms with van der Waals surface area (Å²) in [5.41, 5.74) is 0.0910. The summed E-state index contributed by atoms with van der Waals surface area (Å²) < 4.78 is 60.6. The topological polar surface area (TPSA) is 70.6 Å². The van der Waals surface area contributed by atoms with Crippen LogP contribution in [0.3, 0.4) is 0 Å². The van der Waals surface area contributed by atoms with E-state index in [-0.39, 0.29) is 17.5 Å². The van der Waals surface area contributed by atoms with Crippen molar-refractivity contribution in [1.82, 2.24) is 10.6 Å². The highest BCUT2D eigenvalue weighted by Gasteiger charge is 2.30. The molecule has 0 radical (unpaired) electrons. The maximum atomic E-state index is 12.5. The van der Waals surface area contributed by atoms with E-state index in [1.165, 1.54) is 12.1 Å². The second kappa shape index (κ2) is 8.07. The Bertz CT molecular complexity index is 700. The Kier molecular flexibility index (Phi) is 6.31. The lowest BCUT2D eigenvalue weighted by Crippen LogP contribution is -2.44. The van der Waals surface area contributed by atoms with E-state index in [1.54, 1.807) is 0 Å². The van der Waals surface area contributed by atoms with Gasteiger partial charge in [0.1, 0.15) is 0 Å². The molecule has 1 heterocycles. The number of halogens is 3. The Labute approximate surface area is 145 Å². The number of benzene rings is 1. The zero-order valence-electron chi connectivity index (χ0n) is 13.9. The average molecular weight is 377 g/mol. The number of alkyl halides is 3. The Morgan fingerprint density at radius 1 is 1.28 bits per heavy atom. The number of guanidine groups is 1. The molecule has 9 heteroatoms. The third kappa shape index (κ3) is 6.22. The molecular weight excluding hydrogens is 355 g/mol. The van der Waals surface area contributed by atoms with E-state index in [9.17, 15) is 21.6 Å². The van der Waals surface area contributed by atoms with Crippen LogP contribution in [0.15, 0.2) is 29.3 Å². The van der Waals surface area contributed by atoms with E-state index < -0.39 is 21.6 Å². The molecule has 1 aromatic carbocycles. The fourth-order valence-electron chi connectivity index (χ4n) is 2.58. The zero-order chi connectivity index (χ0) is 18.5. The quantitative estimate of drug-likeness (QED) is 0.608. The largest absolute Gasteiger partial charge is 0.416 e. The molecule has 0 saturated carbocycles. The highest BCUT2D eigenvalue weighted by atomic mass is 32.2. The fourth-order valence-corrected chi connectivity index (χ4v) is 4.25. The van der Waals surface area contributed by atoms with Gasteiger partial charge in [0.2, 0.25) is 0 Å². The minimum atomic E-state index is -4.33. The van der Waals surface area contributed by atoms with Crippen molar-refractivity contribution in [3.8, 4) is 0 Å². The van der Waals surface area contributed by atoms with Crippen molar-refractivity contribution in [1.29, 1.82) is 0 Å². The first-order valence-electron chi connectivity index (χ1n) is 8.11. The van der Waals surface area contributed by atoms with E-state index in [0.717, 1.165) is 17.7 Å².